The summed E-state index contributed by atoms with van der Waals surface area (Å²) in [7, 11) is 1.66. The molecule has 1 aliphatic heterocycles. The van der Waals surface area contributed by atoms with Gasteiger partial charge in [-0.05, 0) is 16.3 Å². The minimum atomic E-state index is -2.79. The molecule has 1 atom stereocenters. The Labute approximate surface area is 127 Å². The van der Waals surface area contributed by atoms with Gasteiger partial charge in [0.15, 0.2) is 0 Å². The molecular formula is C17H18F2N2O. The predicted molar refractivity (Wildman–Crippen MR) is 81.8 cm³/mol. The molecule has 2 aromatic rings. The average Bonchev–Trinajstić information content (AvgIpc) is 2.87. The van der Waals surface area contributed by atoms with Crippen molar-refractivity contribution in [2.45, 2.75) is 24.9 Å². The minimum absolute atomic E-state index is 0.287. The quantitative estimate of drug-likeness (QED) is 0.945. The number of alkyl halides is 2. The molecule has 0 radical (unpaired) electrons. The molecule has 1 fully saturated rings. The van der Waals surface area contributed by atoms with Crippen LogP contribution in [0.4, 0.5) is 8.78 Å². The number of likely N-dealkylation sites (N-methyl/N-ethyl adjacent to an activating group) is 1. The van der Waals surface area contributed by atoms with Gasteiger partial charge >= 0.3 is 0 Å². The first-order valence-corrected chi connectivity index (χ1v) is 7.29. The number of carbonyl (C=O) groups is 1. The molecule has 1 aliphatic rings. The third kappa shape index (κ3) is 2.95. The standard InChI is InChI=1S/C17H18F2N2O/c1-21(16(22)15-9-17(18,19)11-20-15)10-13-7-4-6-12-5-2-3-8-14(12)13/h2-8,15,20H,9-11H2,1H3. The topological polar surface area (TPSA) is 32.3 Å². The highest BCUT2D eigenvalue weighted by molar-refractivity contribution is 5.87. The van der Waals surface area contributed by atoms with Crippen molar-refractivity contribution >= 4 is 16.7 Å². The molecule has 0 aliphatic carbocycles. The third-order valence-corrected chi connectivity index (χ3v) is 4.07. The van der Waals surface area contributed by atoms with E-state index in [-0.39, 0.29) is 5.91 Å². The van der Waals surface area contributed by atoms with Crippen molar-refractivity contribution in [2.75, 3.05) is 13.6 Å². The average molecular weight is 304 g/mol. The van der Waals surface area contributed by atoms with E-state index >= 15 is 0 Å². The molecule has 1 amide bonds. The van der Waals surface area contributed by atoms with E-state index in [1.807, 2.05) is 42.5 Å². The molecule has 0 saturated carbocycles. The van der Waals surface area contributed by atoms with Gasteiger partial charge in [0.1, 0.15) is 0 Å². The molecule has 0 aromatic heterocycles. The second-order valence-electron chi connectivity index (χ2n) is 5.83. The van der Waals surface area contributed by atoms with Gasteiger partial charge in [0.25, 0.3) is 5.92 Å². The van der Waals surface area contributed by atoms with Gasteiger partial charge in [-0.25, -0.2) is 8.78 Å². The van der Waals surface area contributed by atoms with Crippen molar-refractivity contribution in [3.63, 3.8) is 0 Å². The smallest absolute Gasteiger partial charge is 0.262 e. The third-order valence-electron chi connectivity index (χ3n) is 4.07. The van der Waals surface area contributed by atoms with E-state index < -0.39 is 24.9 Å². The maximum absolute atomic E-state index is 13.2. The molecule has 2 aromatic carbocycles. The Morgan fingerprint density at radius 2 is 2.00 bits per heavy atom. The first-order valence-electron chi connectivity index (χ1n) is 7.29. The predicted octanol–water partition coefficient (Wildman–Crippen LogP) is 2.80. The molecule has 3 rings (SSSR count). The van der Waals surface area contributed by atoms with Gasteiger partial charge in [-0.1, -0.05) is 42.5 Å². The lowest BCUT2D eigenvalue weighted by Gasteiger charge is -2.22. The van der Waals surface area contributed by atoms with Gasteiger partial charge in [0.05, 0.1) is 12.6 Å². The van der Waals surface area contributed by atoms with Crippen LogP contribution in [0.3, 0.4) is 0 Å². The SMILES string of the molecule is CN(Cc1cccc2ccccc12)C(=O)C1CC(F)(F)CN1. The number of rotatable bonds is 3. The van der Waals surface area contributed by atoms with Crippen LogP contribution in [0.5, 0.6) is 0 Å². The summed E-state index contributed by atoms with van der Waals surface area (Å²) in [6.07, 6.45) is -0.425. The van der Waals surface area contributed by atoms with Gasteiger partial charge < -0.3 is 4.90 Å². The molecule has 5 heteroatoms. The number of halogens is 2. The highest BCUT2D eigenvalue weighted by Gasteiger charge is 2.43. The zero-order valence-electron chi connectivity index (χ0n) is 12.4. The van der Waals surface area contributed by atoms with Crippen molar-refractivity contribution in [3.05, 3.63) is 48.0 Å². The largest absolute Gasteiger partial charge is 0.340 e. The number of nitrogens with zero attached hydrogens (tertiary/aromatic N) is 1. The highest BCUT2D eigenvalue weighted by Crippen LogP contribution is 2.26. The first kappa shape index (κ1) is 14.9. The minimum Gasteiger partial charge on any atom is -0.340 e. The summed E-state index contributed by atoms with van der Waals surface area (Å²) in [6.45, 7) is -0.0184. The maximum atomic E-state index is 13.2. The summed E-state index contributed by atoms with van der Waals surface area (Å²) in [5, 5.41) is 4.79. The Kier molecular flexibility index (Phi) is 3.83. The molecule has 116 valence electrons. The second kappa shape index (κ2) is 5.65. The molecule has 0 spiro atoms. The van der Waals surface area contributed by atoms with E-state index in [2.05, 4.69) is 5.32 Å². The van der Waals surface area contributed by atoms with Crippen molar-refractivity contribution in [2.24, 2.45) is 0 Å². The monoisotopic (exact) mass is 304 g/mol. The summed E-state index contributed by atoms with van der Waals surface area (Å²) < 4.78 is 26.4. The Hall–Kier alpha value is -2.01. The van der Waals surface area contributed by atoms with E-state index in [1.54, 1.807) is 7.05 Å². The van der Waals surface area contributed by atoms with Gasteiger partial charge in [-0.3, -0.25) is 10.1 Å². The van der Waals surface area contributed by atoms with Crippen LogP contribution in [-0.4, -0.2) is 36.4 Å². The van der Waals surface area contributed by atoms with Crippen molar-refractivity contribution < 1.29 is 13.6 Å². The summed E-state index contributed by atoms with van der Waals surface area (Å²) in [6, 6.07) is 13.1. The van der Waals surface area contributed by atoms with Crippen LogP contribution >= 0.6 is 0 Å². The van der Waals surface area contributed by atoms with Crippen LogP contribution < -0.4 is 5.32 Å². The lowest BCUT2D eigenvalue weighted by molar-refractivity contribution is -0.132. The van der Waals surface area contributed by atoms with E-state index in [0.717, 1.165) is 16.3 Å². The lowest BCUT2D eigenvalue weighted by Crippen LogP contribution is -2.41. The van der Waals surface area contributed by atoms with E-state index in [1.165, 1.54) is 4.90 Å². The van der Waals surface area contributed by atoms with Crippen LogP contribution in [0.25, 0.3) is 10.8 Å². The Morgan fingerprint density at radius 1 is 1.27 bits per heavy atom. The number of carbonyl (C=O) groups excluding carboxylic acids is 1. The zero-order valence-corrected chi connectivity index (χ0v) is 12.4. The van der Waals surface area contributed by atoms with Gasteiger partial charge in [-0.2, -0.15) is 0 Å². The number of nitrogens with one attached hydrogen (secondary N) is 1. The van der Waals surface area contributed by atoms with E-state index in [9.17, 15) is 13.6 Å². The fourth-order valence-electron chi connectivity index (χ4n) is 2.92. The zero-order chi connectivity index (χ0) is 15.7. The molecule has 1 heterocycles. The van der Waals surface area contributed by atoms with Crippen molar-refractivity contribution in [1.82, 2.24) is 10.2 Å². The van der Waals surface area contributed by atoms with Gasteiger partial charge in [0, 0.05) is 20.0 Å². The molecule has 0 bridgehead atoms. The molecule has 22 heavy (non-hydrogen) atoms. The number of benzene rings is 2. The van der Waals surface area contributed by atoms with Crippen molar-refractivity contribution in [1.29, 1.82) is 0 Å². The highest BCUT2D eigenvalue weighted by atomic mass is 19.3. The van der Waals surface area contributed by atoms with Crippen LogP contribution in [0.2, 0.25) is 0 Å². The van der Waals surface area contributed by atoms with Crippen LogP contribution in [0.15, 0.2) is 42.5 Å². The number of hydrogen-bond donors (Lipinski definition) is 1. The molecule has 1 unspecified atom stereocenters. The maximum Gasteiger partial charge on any atom is 0.262 e. The summed E-state index contributed by atoms with van der Waals surface area (Å²) in [4.78, 5) is 13.8. The summed E-state index contributed by atoms with van der Waals surface area (Å²) in [5.74, 6) is -3.08. The lowest BCUT2D eigenvalue weighted by atomic mass is 10.0. The van der Waals surface area contributed by atoms with Crippen LogP contribution in [0, 0.1) is 0 Å². The first-order chi connectivity index (χ1) is 10.5. The number of fused-ring (bicyclic) bond motifs is 1. The van der Waals surface area contributed by atoms with Gasteiger partial charge in [-0.15, -0.1) is 0 Å². The Morgan fingerprint density at radius 3 is 2.73 bits per heavy atom. The van der Waals surface area contributed by atoms with Crippen LogP contribution in [-0.2, 0) is 11.3 Å². The fraction of sp³-hybridized carbons (Fsp3) is 0.353. The normalized spacial score (nSPS) is 20.2. The fourth-order valence-corrected chi connectivity index (χ4v) is 2.92. The second-order valence-corrected chi connectivity index (χ2v) is 5.83. The van der Waals surface area contributed by atoms with E-state index in [0.29, 0.717) is 6.54 Å². The molecular weight excluding hydrogens is 286 g/mol. The summed E-state index contributed by atoms with van der Waals surface area (Å²) in [5.41, 5.74) is 1.01. The van der Waals surface area contributed by atoms with Gasteiger partial charge in [0.2, 0.25) is 5.91 Å². The van der Waals surface area contributed by atoms with Crippen molar-refractivity contribution in [3.8, 4) is 0 Å². The Balaban J connectivity index is 1.76. The Bertz CT molecular complexity index is 697. The molecule has 1 saturated heterocycles. The number of hydrogen-bond acceptors (Lipinski definition) is 2. The number of amides is 1. The summed E-state index contributed by atoms with van der Waals surface area (Å²) >= 11 is 0. The molecule has 1 N–H and O–H groups in total. The van der Waals surface area contributed by atoms with Crippen LogP contribution in [0.1, 0.15) is 12.0 Å². The van der Waals surface area contributed by atoms with E-state index in [4.69, 9.17) is 0 Å². The molecule has 3 nitrogen and oxygen atoms in total.